The Morgan fingerprint density at radius 3 is 0.725 bits per heavy atom. The van der Waals surface area contributed by atoms with E-state index in [1.807, 2.05) is 0 Å². The highest BCUT2D eigenvalue weighted by Gasteiger charge is 2.35. The molecule has 16 nitrogen and oxygen atoms in total. The summed E-state index contributed by atoms with van der Waals surface area (Å²) in [5.41, 5.74) is -3.69. The molecule has 0 atom stereocenters. The molecule has 0 fully saturated rings. The van der Waals surface area contributed by atoms with E-state index in [1.54, 1.807) is 0 Å². The summed E-state index contributed by atoms with van der Waals surface area (Å²) < 4.78 is 10.7. The summed E-state index contributed by atoms with van der Waals surface area (Å²) in [6.45, 7) is 4.06. The Balaban J connectivity index is -0.000000350. The fourth-order valence-electron chi connectivity index (χ4n) is 1.82. The maximum absolute atomic E-state index is 9.56. The van der Waals surface area contributed by atoms with Crippen molar-refractivity contribution in [2.45, 2.75) is 0 Å². The molecule has 16 heteroatoms. The number of carbonyl (C=O) groups is 3. The second-order valence-electron chi connectivity index (χ2n) is 8.38. The van der Waals surface area contributed by atoms with E-state index >= 15 is 0 Å². The smallest absolute Gasteiger partial charge is 0.327 e. The number of aliphatic hydroxyl groups is 8. The monoisotopic (exact) mass is 588 g/mol. The van der Waals surface area contributed by atoms with Crippen molar-refractivity contribution in [3.05, 3.63) is 38.0 Å². The quantitative estimate of drug-likeness (QED) is 0.0658. The molecule has 11 N–H and O–H groups in total. The molecule has 0 spiro atoms. The third kappa shape index (κ3) is 22.1. The molecule has 0 bridgehead atoms. The second kappa shape index (κ2) is 26.5. The van der Waals surface area contributed by atoms with Gasteiger partial charge in [-0.1, -0.05) is 19.7 Å². The van der Waals surface area contributed by atoms with Gasteiger partial charge in [0.05, 0.1) is 95.5 Å². The number of hydrogen-bond donors (Lipinski definition) is 11. The Morgan fingerprint density at radius 2 is 0.600 bits per heavy atom. The summed E-state index contributed by atoms with van der Waals surface area (Å²) >= 11 is 0. The Hall–Kier alpha value is -2.77. The van der Waals surface area contributed by atoms with Crippen molar-refractivity contribution in [3.8, 4) is 0 Å². The Morgan fingerprint density at radius 1 is 0.450 bits per heavy atom. The maximum Gasteiger partial charge on any atom is 0.327 e. The fraction of sp³-hybridized carbons (Fsp3) is 0.625. The number of hydrogen-bond acceptors (Lipinski definition) is 13. The van der Waals surface area contributed by atoms with Crippen LogP contribution in [-0.4, -0.2) is 153 Å². The van der Waals surface area contributed by atoms with E-state index in [-0.39, 0.29) is 26.4 Å². The number of aliphatic hydroxyl groups excluding tert-OH is 8. The van der Waals surface area contributed by atoms with Gasteiger partial charge in [0.15, 0.2) is 0 Å². The highest BCUT2D eigenvalue weighted by atomic mass is 16.5. The minimum Gasteiger partial charge on any atom is -0.478 e. The van der Waals surface area contributed by atoms with E-state index in [4.69, 9.17) is 24.8 Å². The highest BCUT2D eigenvalue weighted by Crippen LogP contribution is 2.23. The molecule has 0 aromatic heterocycles. The van der Waals surface area contributed by atoms with Crippen LogP contribution in [0.4, 0.5) is 0 Å². The Bertz CT molecular complexity index is 610. The Labute approximate surface area is 232 Å². The van der Waals surface area contributed by atoms with Crippen molar-refractivity contribution >= 4 is 17.9 Å². The molecule has 0 saturated carbocycles. The van der Waals surface area contributed by atoms with Gasteiger partial charge in [-0.2, -0.15) is 0 Å². The van der Waals surface area contributed by atoms with Crippen molar-refractivity contribution in [2.75, 3.05) is 79.3 Å². The molecule has 0 unspecified atom stereocenters. The van der Waals surface area contributed by atoms with Gasteiger partial charge in [0.25, 0.3) is 0 Å². The minimum atomic E-state index is -1.24. The number of ether oxygens (including phenoxy) is 2. The second-order valence-corrected chi connectivity index (χ2v) is 8.38. The van der Waals surface area contributed by atoms with Crippen molar-refractivity contribution < 1.29 is 80.0 Å². The van der Waals surface area contributed by atoms with Crippen molar-refractivity contribution in [2.24, 2.45) is 16.2 Å². The molecular formula is C24H44O16. The summed E-state index contributed by atoms with van der Waals surface area (Å²) in [6, 6.07) is 0. The highest BCUT2D eigenvalue weighted by molar-refractivity contribution is 5.79. The standard InChI is InChI=1S/C15H32O10.3C3H4O2/c16-1-13(2-17,3-18)9-24-11-15(7-22,8-23)12-25-10-14(4-19,5-20)6-21;3*1-2-3(4)5/h16-23H,1-12H2;3*2H,1H2,(H,4,5). The van der Waals surface area contributed by atoms with Crippen LogP contribution in [0, 0.1) is 16.2 Å². The average molecular weight is 589 g/mol. The first-order valence-electron chi connectivity index (χ1n) is 11.3. The molecule has 0 aromatic carbocycles. The molecule has 40 heavy (non-hydrogen) atoms. The van der Waals surface area contributed by atoms with Crippen molar-refractivity contribution in [1.29, 1.82) is 0 Å². The number of carboxylic acid groups (broad SMARTS) is 3. The largest absolute Gasteiger partial charge is 0.478 e. The van der Waals surface area contributed by atoms with Crippen LogP contribution in [0.25, 0.3) is 0 Å². The molecular weight excluding hydrogens is 544 g/mol. The molecule has 0 radical (unpaired) electrons. The lowest BCUT2D eigenvalue weighted by molar-refractivity contribution is -0.132. The molecule has 236 valence electrons. The molecule has 0 saturated heterocycles. The zero-order valence-corrected chi connectivity index (χ0v) is 22.3. The third-order valence-corrected chi connectivity index (χ3v) is 4.84. The lowest BCUT2D eigenvalue weighted by atomic mass is 9.90. The number of rotatable bonds is 19. The first-order chi connectivity index (χ1) is 18.7. The van der Waals surface area contributed by atoms with Gasteiger partial charge in [0.1, 0.15) is 0 Å². The average Bonchev–Trinajstić information content (AvgIpc) is 2.98. The minimum absolute atomic E-state index is 0.188. The zero-order chi connectivity index (χ0) is 32.3. The predicted molar refractivity (Wildman–Crippen MR) is 139 cm³/mol. The van der Waals surface area contributed by atoms with Gasteiger partial charge >= 0.3 is 17.9 Å². The van der Waals surface area contributed by atoms with Crippen LogP contribution in [-0.2, 0) is 23.9 Å². The van der Waals surface area contributed by atoms with Crippen LogP contribution in [0.15, 0.2) is 38.0 Å². The van der Waals surface area contributed by atoms with Crippen LogP contribution in [0.1, 0.15) is 0 Å². The maximum atomic E-state index is 9.56. The van der Waals surface area contributed by atoms with E-state index in [0.29, 0.717) is 0 Å². The molecule has 0 rings (SSSR count). The molecule has 0 amide bonds. The lowest BCUT2D eigenvalue weighted by Crippen LogP contribution is -2.45. The summed E-state index contributed by atoms with van der Waals surface area (Å²) in [6.07, 6.45) is 2.50. The molecule has 0 aliphatic carbocycles. The fourth-order valence-corrected chi connectivity index (χ4v) is 1.82. The van der Waals surface area contributed by atoms with E-state index in [9.17, 15) is 55.2 Å². The van der Waals surface area contributed by atoms with E-state index < -0.39 is 87.0 Å². The summed E-state index contributed by atoms with van der Waals surface area (Å²) in [7, 11) is 0. The van der Waals surface area contributed by atoms with E-state index in [1.165, 1.54) is 0 Å². The van der Waals surface area contributed by atoms with Gasteiger partial charge in [0.2, 0.25) is 0 Å². The van der Waals surface area contributed by atoms with Crippen LogP contribution < -0.4 is 0 Å². The van der Waals surface area contributed by atoms with E-state index in [2.05, 4.69) is 19.7 Å². The number of aliphatic carboxylic acids is 3. The SMILES string of the molecule is C=CC(=O)O.C=CC(=O)O.C=CC(=O)O.OCC(CO)(CO)COCC(CO)(CO)COCC(CO)(CO)CO. The first-order valence-corrected chi connectivity index (χ1v) is 11.3. The third-order valence-electron chi connectivity index (χ3n) is 4.84. The normalized spacial score (nSPS) is 10.8. The summed E-state index contributed by atoms with van der Waals surface area (Å²) in [5, 5.41) is 97.4. The van der Waals surface area contributed by atoms with Crippen molar-refractivity contribution in [3.63, 3.8) is 0 Å². The first kappa shape index (κ1) is 44.3. The Kier molecular flexibility index (Phi) is 29.3. The van der Waals surface area contributed by atoms with Crippen LogP contribution in [0.5, 0.6) is 0 Å². The van der Waals surface area contributed by atoms with Gasteiger partial charge in [0, 0.05) is 18.2 Å². The topological polar surface area (TPSA) is 292 Å². The summed E-state index contributed by atoms with van der Waals surface area (Å²) in [5.74, 6) is -2.94. The van der Waals surface area contributed by atoms with Gasteiger partial charge in [-0.05, 0) is 0 Å². The lowest BCUT2D eigenvalue weighted by Gasteiger charge is -2.34. The van der Waals surface area contributed by atoms with Gasteiger partial charge in [-0.3, -0.25) is 0 Å². The van der Waals surface area contributed by atoms with Gasteiger partial charge in [-0.15, -0.1) is 0 Å². The van der Waals surface area contributed by atoms with Crippen LogP contribution >= 0.6 is 0 Å². The molecule has 0 aromatic rings. The van der Waals surface area contributed by atoms with Gasteiger partial charge < -0.3 is 65.6 Å². The van der Waals surface area contributed by atoms with Crippen LogP contribution in [0.2, 0.25) is 0 Å². The molecule has 0 aliphatic rings. The van der Waals surface area contributed by atoms with E-state index in [0.717, 1.165) is 18.2 Å². The van der Waals surface area contributed by atoms with Gasteiger partial charge in [-0.25, -0.2) is 14.4 Å². The molecule has 0 heterocycles. The summed E-state index contributed by atoms with van der Waals surface area (Å²) in [4.78, 5) is 27.8. The predicted octanol–water partition coefficient (Wildman–Crippen LogP) is -3.31. The number of carboxylic acids is 3. The zero-order valence-electron chi connectivity index (χ0n) is 22.3. The van der Waals surface area contributed by atoms with Crippen LogP contribution in [0.3, 0.4) is 0 Å². The molecule has 0 aliphatic heterocycles. The van der Waals surface area contributed by atoms with Crippen molar-refractivity contribution in [1.82, 2.24) is 0 Å².